The topological polar surface area (TPSA) is 60.5 Å². The molecule has 3 aliphatic heterocycles. The van der Waals surface area contributed by atoms with Crippen LogP contribution < -0.4 is 18.9 Å². The molecule has 2 fully saturated rings. The van der Waals surface area contributed by atoms with E-state index in [0.717, 1.165) is 73.2 Å². The van der Waals surface area contributed by atoms with E-state index in [9.17, 15) is 4.79 Å². The number of ketones is 1. The zero-order valence-electron chi connectivity index (χ0n) is 30.4. The minimum atomic E-state index is -0.385. The first-order chi connectivity index (χ1) is 23.3. The Morgan fingerprint density at radius 3 is 1.98 bits per heavy atom. The van der Waals surface area contributed by atoms with Crippen molar-refractivity contribution in [1.29, 1.82) is 0 Å². The molecule has 0 saturated carbocycles. The van der Waals surface area contributed by atoms with Crippen LogP contribution in [0.25, 0.3) is 0 Å². The Labute approximate surface area is 290 Å². The number of benzene rings is 2. The average molecular weight is 661 g/mol. The van der Waals surface area contributed by atoms with Gasteiger partial charge in [-0.3, -0.25) is 4.79 Å². The second-order valence-corrected chi connectivity index (χ2v) is 14.7. The van der Waals surface area contributed by atoms with E-state index in [-0.39, 0.29) is 18.3 Å². The fraction of sp³-hybridized carbons (Fsp3) is 0.634. The molecule has 0 aromatic heterocycles. The van der Waals surface area contributed by atoms with Gasteiger partial charge in [0.2, 0.25) is 0 Å². The Kier molecular flexibility index (Phi) is 13.7. The van der Waals surface area contributed by atoms with E-state index < -0.39 is 0 Å². The van der Waals surface area contributed by atoms with Gasteiger partial charge in [0.15, 0.2) is 5.78 Å². The van der Waals surface area contributed by atoms with Crippen molar-refractivity contribution in [1.82, 2.24) is 9.80 Å². The van der Waals surface area contributed by atoms with Crippen LogP contribution in [0.1, 0.15) is 113 Å². The molecular weight excluding hydrogens is 600 g/mol. The number of piperidine rings is 2. The molecule has 0 N–H and O–H groups in total. The van der Waals surface area contributed by atoms with Crippen LogP contribution in [0, 0.1) is 11.8 Å². The highest BCUT2D eigenvalue weighted by molar-refractivity contribution is 6.03. The van der Waals surface area contributed by atoms with Crippen LogP contribution in [0.3, 0.4) is 0 Å². The molecule has 0 aliphatic carbocycles. The molecule has 7 nitrogen and oxygen atoms in total. The van der Waals surface area contributed by atoms with E-state index in [0.29, 0.717) is 36.7 Å². The lowest BCUT2D eigenvalue weighted by atomic mass is 9.92. The molecule has 2 aromatic rings. The van der Waals surface area contributed by atoms with E-state index >= 15 is 0 Å². The van der Waals surface area contributed by atoms with Crippen molar-refractivity contribution in [3.63, 3.8) is 0 Å². The largest absolute Gasteiger partial charge is 0.496 e. The summed E-state index contributed by atoms with van der Waals surface area (Å²) < 4.78 is 25.0. The highest BCUT2D eigenvalue weighted by Crippen LogP contribution is 2.46. The molecule has 264 valence electrons. The Bertz CT molecular complexity index is 1340. The van der Waals surface area contributed by atoms with Crippen LogP contribution in [-0.4, -0.2) is 75.2 Å². The molecule has 0 bridgehead atoms. The number of rotatable bonds is 16. The highest BCUT2D eigenvalue weighted by atomic mass is 16.5. The molecule has 1 atom stereocenters. The van der Waals surface area contributed by atoms with Gasteiger partial charge in [-0.1, -0.05) is 37.6 Å². The molecule has 2 aromatic carbocycles. The third-order valence-electron chi connectivity index (χ3n) is 10.4. The third kappa shape index (κ3) is 10.2. The predicted octanol–water partition coefficient (Wildman–Crippen LogP) is 8.69. The second kappa shape index (κ2) is 18.1. The summed E-state index contributed by atoms with van der Waals surface area (Å²) in [6.45, 7) is 17.4. The molecule has 0 radical (unpaired) electrons. The first-order valence-electron chi connectivity index (χ1n) is 18.7. The maximum Gasteiger partial charge on any atom is 0.174 e. The molecule has 48 heavy (non-hydrogen) atoms. The van der Waals surface area contributed by atoms with Gasteiger partial charge in [0.05, 0.1) is 26.7 Å². The minimum Gasteiger partial charge on any atom is -0.496 e. The number of allylic oxidation sites excluding steroid dienone is 2. The maximum atomic E-state index is 13.7. The van der Waals surface area contributed by atoms with Crippen LogP contribution >= 0.6 is 0 Å². The Hall–Kier alpha value is -3.03. The van der Waals surface area contributed by atoms with Gasteiger partial charge >= 0.3 is 0 Å². The normalized spacial score (nSPS) is 19.4. The van der Waals surface area contributed by atoms with E-state index in [2.05, 4.69) is 43.6 Å². The van der Waals surface area contributed by atoms with Gasteiger partial charge in [-0.25, -0.2) is 0 Å². The van der Waals surface area contributed by atoms with Crippen LogP contribution in [0.15, 0.2) is 42.0 Å². The highest BCUT2D eigenvalue weighted by Gasteiger charge is 2.34. The number of likely N-dealkylation sites (tertiary alicyclic amines) is 2. The number of hydrogen-bond donors (Lipinski definition) is 0. The van der Waals surface area contributed by atoms with Gasteiger partial charge in [-0.2, -0.15) is 0 Å². The van der Waals surface area contributed by atoms with Crippen molar-refractivity contribution in [2.75, 3.05) is 59.6 Å². The lowest BCUT2D eigenvalue weighted by Gasteiger charge is -2.30. The summed E-state index contributed by atoms with van der Waals surface area (Å²) in [7, 11) is 1.61. The van der Waals surface area contributed by atoms with Gasteiger partial charge in [-0.15, -0.1) is 0 Å². The summed E-state index contributed by atoms with van der Waals surface area (Å²) in [6.07, 6.45) is 12.2. The van der Waals surface area contributed by atoms with E-state index in [1.165, 1.54) is 57.4 Å². The van der Waals surface area contributed by atoms with Crippen LogP contribution in [0.4, 0.5) is 0 Å². The molecule has 3 aliphatic rings. The van der Waals surface area contributed by atoms with Gasteiger partial charge in [0, 0.05) is 11.6 Å². The van der Waals surface area contributed by atoms with Crippen molar-refractivity contribution in [3.8, 4) is 23.0 Å². The number of fused-ring (bicyclic) bond motifs is 1. The van der Waals surface area contributed by atoms with Crippen LogP contribution in [0.2, 0.25) is 0 Å². The Balaban J connectivity index is 1.20. The number of methoxy groups -OCH3 is 1. The summed E-state index contributed by atoms with van der Waals surface area (Å²) in [5.74, 6) is 4.45. The van der Waals surface area contributed by atoms with Crippen molar-refractivity contribution >= 4 is 5.78 Å². The standard InChI is InChI=1S/C41H60N2O5/c1-30(2)10-15-35-38(47-27-9-7-21-43-24-18-32(4)19-25-43)29-39(45-5)40-36(44)28-37(48-41(35)40)33-11-13-34(14-12-33)46-26-8-6-20-42-22-16-31(3)17-23-42/h10-14,29,31-32,37H,6-9,15-28H2,1-5H3. The quantitative estimate of drug-likeness (QED) is 0.132. The number of ether oxygens (including phenoxy) is 4. The average Bonchev–Trinajstić information content (AvgIpc) is 3.08. The maximum absolute atomic E-state index is 13.7. The fourth-order valence-electron chi connectivity index (χ4n) is 7.07. The number of nitrogens with zero attached hydrogens (tertiary/aromatic N) is 2. The fourth-order valence-corrected chi connectivity index (χ4v) is 7.07. The molecular formula is C41H60N2O5. The van der Waals surface area contributed by atoms with E-state index in [1.54, 1.807) is 7.11 Å². The Morgan fingerprint density at radius 2 is 1.42 bits per heavy atom. The van der Waals surface area contributed by atoms with Gasteiger partial charge < -0.3 is 28.7 Å². The summed E-state index contributed by atoms with van der Waals surface area (Å²) in [6, 6.07) is 9.95. The number of Topliss-reactive ketones (excluding diaryl/α,β-unsaturated/α-hetero) is 1. The Morgan fingerprint density at radius 1 is 0.833 bits per heavy atom. The van der Waals surface area contributed by atoms with Crippen molar-refractivity contribution < 1.29 is 23.7 Å². The van der Waals surface area contributed by atoms with Crippen molar-refractivity contribution in [3.05, 3.63) is 58.7 Å². The monoisotopic (exact) mass is 660 g/mol. The van der Waals surface area contributed by atoms with E-state index in [1.807, 2.05) is 30.3 Å². The molecule has 0 amide bonds. The van der Waals surface area contributed by atoms with E-state index in [4.69, 9.17) is 18.9 Å². The number of carbonyl (C=O) groups is 1. The van der Waals surface area contributed by atoms with Gasteiger partial charge in [-0.05, 0) is 140 Å². The summed E-state index contributed by atoms with van der Waals surface area (Å²) in [4.78, 5) is 18.8. The molecule has 1 unspecified atom stereocenters. The van der Waals surface area contributed by atoms with Crippen molar-refractivity contribution in [2.45, 2.75) is 98.0 Å². The molecule has 0 spiro atoms. The summed E-state index contributed by atoms with van der Waals surface area (Å²) in [5.41, 5.74) is 3.61. The zero-order chi connectivity index (χ0) is 33.9. The minimum absolute atomic E-state index is 0.0300. The lowest BCUT2D eigenvalue weighted by Crippen LogP contribution is -2.33. The van der Waals surface area contributed by atoms with Gasteiger partial charge in [0.25, 0.3) is 0 Å². The molecule has 5 rings (SSSR count). The first kappa shape index (κ1) is 36.3. The SMILES string of the molecule is COc1cc(OCCCCN2CCC(C)CC2)c(CC=C(C)C)c2c1C(=O)CC(c1ccc(OCCCCN3CCC(C)CC3)cc1)O2. The zero-order valence-corrected chi connectivity index (χ0v) is 30.4. The molecule has 2 saturated heterocycles. The number of hydrogen-bond acceptors (Lipinski definition) is 7. The first-order valence-corrected chi connectivity index (χ1v) is 18.7. The van der Waals surface area contributed by atoms with Crippen LogP contribution in [0.5, 0.6) is 23.0 Å². The third-order valence-corrected chi connectivity index (χ3v) is 10.4. The predicted molar refractivity (Wildman–Crippen MR) is 194 cm³/mol. The van der Waals surface area contributed by atoms with Gasteiger partial charge in [0.1, 0.15) is 34.7 Å². The summed E-state index contributed by atoms with van der Waals surface area (Å²) in [5, 5.41) is 0. The smallest absolute Gasteiger partial charge is 0.174 e. The lowest BCUT2D eigenvalue weighted by molar-refractivity contribution is 0.0841. The number of carbonyl (C=O) groups excluding carboxylic acids is 1. The number of unbranched alkanes of at least 4 members (excludes halogenated alkanes) is 2. The summed E-state index contributed by atoms with van der Waals surface area (Å²) >= 11 is 0. The van der Waals surface area contributed by atoms with Crippen LogP contribution in [-0.2, 0) is 6.42 Å². The molecule has 3 heterocycles. The molecule has 7 heteroatoms. The second-order valence-electron chi connectivity index (χ2n) is 14.7. The van der Waals surface area contributed by atoms with Crippen molar-refractivity contribution in [2.24, 2.45) is 11.8 Å².